The second kappa shape index (κ2) is 6.55. The van der Waals surface area contributed by atoms with Crippen molar-refractivity contribution in [2.24, 2.45) is 11.8 Å². The molecule has 1 saturated heterocycles. The monoisotopic (exact) mass is 266 g/mol. The van der Waals surface area contributed by atoms with E-state index in [1.807, 2.05) is 0 Å². The van der Waals surface area contributed by atoms with E-state index in [1.165, 1.54) is 38.5 Å². The highest BCUT2D eigenvalue weighted by molar-refractivity contribution is 4.88. The van der Waals surface area contributed by atoms with Gasteiger partial charge >= 0.3 is 0 Å². The van der Waals surface area contributed by atoms with Crippen molar-refractivity contribution in [2.45, 2.75) is 57.6 Å². The molecule has 1 aliphatic heterocycles. The fraction of sp³-hybridized carbons (Fsp3) is 1.00. The molecule has 1 heterocycles. The third-order valence-electron chi connectivity index (χ3n) is 5.31. The highest BCUT2D eigenvalue weighted by Gasteiger charge is 2.34. The summed E-state index contributed by atoms with van der Waals surface area (Å²) in [4.78, 5) is 2.50. The first-order valence-electron chi connectivity index (χ1n) is 8.42. The third-order valence-corrected chi connectivity index (χ3v) is 5.31. The van der Waals surface area contributed by atoms with E-state index in [1.54, 1.807) is 0 Å². The van der Waals surface area contributed by atoms with E-state index in [0.29, 0.717) is 6.10 Å². The Labute approximate surface area is 118 Å². The average molecular weight is 266 g/mol. The number of ether oxygens (including phenoxy) is 1. The van der Waals surface area contributed by atoms with E-state index in [-0.39, 0.29) is 0 Å². The summed E-state index contributed by atoms with van der Waals surface area (Å²) in [6, 6.07) is 0.764. The lowest BCUT2D eigenvalue weighted by molar-refractivity contribution is -0.0271. The Morgan fingerprint density at radius 2 is 2.05 bits per heavy atom. The van der Waals surface area contributed by atoms with Crippen molar-refractivity contribution in [2.75, 3.05) is 32.8 Å². The van der Waals surface area contributed by atoms with Crippen LogP contribution < -0.4 is 5.32 Å². The molecule has 3 fully saturated rings. The van der Waals surface area contributed by atoms with Crippen molar-refractivity contribution in [3.63, 3.8) is 0 Å². The van der Waals surface area contributed by atoms with Gasteiger partial charge in [-0.05, 0) is 44.1 Å². The van der Waals surface area contributed by atoms with Gasteiger partial charge in [0.1, 0.15) is 0 Å². The third kappa shape index (κ3) is 3.93. The van der Waals surface area contributed by atoms with Gasteiger partial charge in [-0.1, -0.05) is 19.8 Å². The van der Waals surface area contributed by atoms with E-state index >= 15 is 0 Å². The molecule has 3 unspecified atom stereocenters. The zero-order chi connectivity index (χ0) is 13.1. The number of likely N-dealkylation sites (N-methyl/N-ethyl adjacent to an activating group) is 1. The molecule has 3 nitrogen and oxygen atoms in total. The lowest BCUT2D eigenvalue weighted by Crippen LogP contribution is -2.48. The summed E-state index contributed by atoms with van der Waals surface area (Å²) in [7, 11) is 0. The SMILES string of the molecule is CCN1CCOC(CNC2CCCC(C3CC3)C2)C1. The summed E-state index contributed by atoms with van der Waals surface area (Å²) in [5.74, 6) is 2.12. The predicted molar refractivity (Wildman–Crippen MR) is 78.3 cm³/mol. The van der Waals surface area contributed by atoms with Gasteiger partial charge in [0, 0.05) is 25.7 Å². The Hall–Kier alpha value is -0.120. The van der Waals surface area contributed by atoms with Crippen molar-refractivity contribution in [3.05, 3.63) is 0 Å². The van der Waals surface area contributed by atoms with Crippen molar-refractivity contribution < 1.29 is 4.74 Å². The normalized spacial score (nSPS) is 37.4. The van der Waals surface area contributed by atoms with Crippen molar-refractivity contribution in [3.8, 4) is 0 Å². The van der Waals surface area contributed by atoms with Crippen LogP contribution in [0.2, 0.25) is 0 Å². The molecule has 0 radical (unpaired) electrons. The second-order valence-corrected chi connectivity index (χ2v) is 6.76. The van der Waals surface area contributed by atoms with Gasteiger partial charge in [0.15, 0.2) is 0 Å². The Morgan fingerprint density at radius 3 is 2.84 bits per heavy atom. The molecule has 2 aliphatic carbocycles. The Morgan fingerprint density at radius 1 is 1.16 bits per heavy atom. The van der Waals surface area contributed by atoms with Crippen LogP contribution in [0.5, 0.6) is 0 Å². The number of hydrogen-bond donors (Lipinski definition) is 1. The summed E-state index contributed by atoms with van der Waals surface area (Å²) >= 11 is 0. The molecule has 0 spiro atoms. The molecule has 19 heavy (non-hydrogen) atoms. The van der Waals surface area contributed by atoms with E-state index in [4.69, 9.17) is 4.74 Å². The minimum Gasteiger partial charge on any atom is -0.374 e. The molecule has 0 aromatic carbocycles. The molecule has 2 saturated carbocycles. The zero-order valence-electron chi connectivity index (χ0n) is 12.4. The summed E-state index contributed by atoms with van der Waals surface area (Å²) in [6.07, 6.45) is 9.17. The Kier molecular flexibility index (Phi) is 4.78. The van der Waals surface area contributed by atoms with Crippen molar-refractivity contribution in [1.29, 1.82) is 0 Å². The van der Waals surface area contributed by atoms with E-state index in [9.17, 15) is 0 Å². The lowest BCUT2D eigenvalue weighted by Gasteiger charge is -2.35. The number of nitrogens with zero attached hydrogens (tertiary/aromatic N) is 1. The maximum Gasteiger partial charge on any atom is 0.0826 e. The van der Waals surface area contributed by atoms with Crippen LogP contribution in [0.25, 0.3) is 0 Å². The molecule has 3 aliphatic rings. The maximum absolute atomic E-state index is 5.88. The van der Waals surface area contributed by atoms with Gasteiger partial charge in [-0.25, -0.2) is 0 Å². The Bertz CT molecular complexity index is 280. The maximum atomic E-state index is 5.88. The molecular formula is C16H30N2O. The first-order chi connectivity index (χ1) is 9.35. The minimum atomic E-state index is 0.412. The van der Waals surface area contributed by atoms with Gasteiger partial charge in [-0.3, -0.25) is 4.90 Å². The van der Waals surface area contributed by atoms with E-state index in [2.05, 4.69) is 17.1 Å². The van der Waals surface area contributed by atoms with Gasteiger partial charge in [-0.2, -0.15) is 0 Å². The lowest BCUT2D eigenvalue weighted by atomic mass is 9.82. The standard InChI is InChI=1S/C16H30N2O/c1-2-18-8-9-19-16(12-18)11-17-15-5-3-4-14(10-15)13-6-7-13/h13-17H,2-12H2,1H3. The fourth-order valence-electron chi connectivity index (χ4n) is 3.90. The van der Waals surface area contributed by atoms with Crippen molar-refractivity contribution in [1.82, 2.24) is 10.2 Å². The summed E-state index contributed by atoms with van der Waals surface area (Å²) in [6.45, 7) is 7.60. The molecule has 0 aromatic rings. The van der Waals surface area contributed by atoms with Crippen LogP contribution in [0.1, 0.15) is 45.4 Å². The molecule has 0 aromatic heterocycles. The highest BCUT2D eigenvalue weighted by Crippen LogP contribution is 2.43. The zero-order valence-corrected chi connectivity index (χ0v) is 12.4. The van der Waals surface area contributed by atoms with Crippen LogP contribution in [0.15, 0.2) is 0 Å². The van der Waals surface area contributed by atoms with Gasteiger partial charge < -0.3 is 10.1 Å². The minimum absolute atomic E-state index is 0.412. The van der Waals surface area contributed by atoms with Gasteiger partial charge in [0.05, 0.1) is 12.7 Å². The van der Waals surface area contributed by atoms with Crippen LogP contribution in [0, 0.1) is 11.8 Å². The highest BCUT2D eigenvalue weighted by atomic mass is 16.5. The number of morpholine rings is 1. The molecular weight excluding hydrogens is 236 g/mol. The van der Waals surface area contributed by atoms with Crippen LogP contribution in [-0.4, -0.2) is 49.8 Å². The smallest absolute Gasteiger partial charge is 0.0826 e. The summed E-state index contributed by atoms with van der Waals surface area (Å²) in [5, 5.41) is 3.80. The molecule has 3 heteroatoms. The topological polar surface area (TPSA) is 24.5 Å². The van der Waals surface area contributed by atoms with Gasteiger partial charge in [0.2, 0.25) is 0 Å². The van der Waals surface area contributed by atoms with Crippen LogP contribution >= 0.6 is 0 Å². The number of hydrogen-bond acceptors (Lipinski definition) is 3. The number of rotatable bonds is 5. The predicted octanol–water partition coefficient (Wildman–Crippen LogP) is 2.27. The average Bonchev–Trinajstić information content (AvgIpc) is 3.30. The molecule has 3 atom stereocenters. The van der Waals surface area contributed by atoms with E-state index < -0.39 is 0 Å². The largest absolute Gasteiger partial charge is 0.374 e. The number of nitrogens with one attached hydrogen (secondary N) is 1. The first kappa shape index (κ1) is 13.8. The van der Waals surface area contributed by atoms with Crippen LogP contribution in [0.3, 0.4) is 0 Å². The quantitative estimate of drug-likeness (QED) is 0.826. The molecule has 0 bridgehead atoms. The van der Waals surface area contributed by atoms with Gasteiger partial charge in [0.25, 0.3) is 0 Å². The molecule has 110 valence electrons. The first-order valence-corrected chi connectivity index (χ1v) is 8.42. The fourth-order valence-corrected chi connectivity index (χ4v) is 3.90. The summed E-state index contributed by atoms with van der Waals surface area (Å²) in [5.41, 5.74) is 0. The molecule has 1 N–H and O–H groups in total. The second-order valence-electron chi connectivity index (χ2n) is 6.76. The summed E-state index contributed by atoms with van der Waals surface area (Å²) < 4.78 is 5.88. The molecule has 3 rings (SSSR count). The van der Waals surface area contributed by atoms with Crippen LogP contribution in [0.4, 0.5) is 0 Å². The Balaban J connectivity index is 1.38. The van der Waals surface area contributed by atoms with Gasteiger partial charge in [-0.15, -0.1) is 0 Å². The van der Waals surface area contributed by atoms with Crippen molar-refractivity contribution >= 4 is 0 Å². The van der Waals surface area contributed by atoms with E-state index in [0.717, 1.165) is 50.7 Å². The van der Waals surface area contributed by atoms with Crippen LogP contribution in [-0.2, 0) is 4.74 Å². The molecule has 0 amide bonds.